The lowest BCUT2D eigenvalue weighted by Gasteiger charge is -2.36. The molecule has 30 heavy (non-hydrogen) atoms. The van der Waals surface area contributed by atoms with Gasteiger partial charge in [-0.25, -0.2) is 8.42 Å². The largest absolute Gasteiger partial charge is 0.493 e. The molecule has 0 spiro atoms. The number of aryl methyl sites for hydroxylation is 1. The molecule has 7 nitrogen and oxygen atoms in total. The van der Waals surface area contributed by atoms with Gasteiger partial charge in [0.05, 0.1) is 26.5 Å². The first-order valence-corrected chi connectivity index (χ1v) is 11.4. The molecule has 1 aliphatic heterocycles. The summed E-state index contributed by atoms with van der Waals surface area (Å²) in [6.45, 7) is 2.25. The smallest absolute Gasteiger partial charge is 0.253 e. The van der Waals surface area contributed by atoms with Gasteiger partial charge in [0, 0.05) is 17.6 Å². The molecule has 3 aromatic rings. The van der Waals surface area contributed by atoms with E-state index in [0.717, 1.165) is 22.1 Å². The van der Waals surface area contributed by atoms with Crippen LogP contribution in [0.3, 0.4) is 0 Å². The zero-order valence-electron chi connectivity index (χ0n) is 17.4. The summed E-state index contributed by atoms with van der Waals surface area (Å²) in [6, 6.07) is 10.4. The third-order valence-corrected chi connectivity index (χ3v) is 6.82. The van der Waals surface area contributed by atoms with E-state index in [2.05, 4.69) is 4.98 Å². The zero-order chi connectivity index (χ0) is 21.6. The number of pyridine rings is 1. The Balaban J connectivity index is 2.01. The topological polar surface area (TPSA) is 88.7 Å². The summed E-state index contributed by atoms with van der Waals surface area (Å²) in [4.78, 5) is 15.9. The number of hydrogen-bond acceptors (Lipinski definition) is 5. The van der Waals surface area contributed by atoms with Crippen LogP contribution in [0.15, 0.2) is 41.2 Å². The van der Waals surface area contributed by atoms with Crippen LogP contribution in [0.25, 0.3) is 10.9 Å². The van der Waals surface area contributed by atoms with Crippen LogP contribution in [-0.2, 0) is 16.4 Å². The quantitative estimate of drug-likeness (QED) is 0.690. The number of aromatic nitrogens is 1. The molecule has 0 saturated heterocycles. The Morgan fingerprint density at radius 3 is 2.40 bits per heavy atom. The van der Waals surface area contributed by atoms with Crippen LogP contribution in [0.4, 0.5) is 0 Å². The highest BCUT2D eigenvalue weighted by Crippen LogP contribution is 2.41. The van der Waals surface area contributed by atoms with Crippen molar-refractivity contribution < 1.29 is 17.9 Å². The number of sulfonamides is 1. The molecule has 4 rings (SSSR count). The van der Waals surface area contributed by atoms with Gasteiger partial charge in [0.1, 0.15) is 0 Å². The van der Waals surface area contributed by atoms with Crippen molar-refractivity contribution in [1.29, 1.82) is 0 Å². The predicted octanol–water partition coefficient (Wildman–Crippen LogP) is 2.76. The van der Waals surface area contributed by atoms with Gasteiger partial charge in [-0.1, -0.05) is 11.6 Å². The first-order valence-electron chi connectivity index (χ1n) is 9.58. The van der Waals surface area contributed by atoms with E-state index >= 15 is 0 Å². The zero-order valence-corrected chi connectivity index (χ0v) is 18.2. The van der Waals surface area contributed by atoms with Crippen LogP contribution in [0.1, 0.15) is 28.3 Å². The van der Waals surface area contributed by atoms with Gasteiger partial charge in [-0.3, -0.25) is 4.79 Å². The van der Waals surface area contributed by atoms with Gasteiger partial charge >= 0.3 is 0 Å². The van der Waals surface area contributed by atoms with Crippen molar-refractivity contribution in [2.45, 2.75) is 19.4 Å². The van der Waals surface area contributed by atoms with E-state index in [1.54, 1.807) is 19.2 Å². The highest BCUT2D eigenvalue weighted by Gasteiger charge is 2.37. The summed E-state index contributed by atoms with van der Waals surface area (Å²) in [5.41, 5.74) is 3.49. The maximum Gasteiger partial charge on any atom is 0.253 e. The molecule has 1 aromatic heterocycles. The lowest BCUT2D eigenvalue weighted by molar-refractivity contribution is 0.332. The van der Waals surface area contributed by atoms with Gasteiger partial charge < -0.3 is 14.5 Å². The Bertz CT molecular complexity index is 1300. The number of nitrogens with zero attached hydrogens (tertiary/aromatic N) is 1. The number of ether oxygens (including phenoxy) is 2. The van der Waals surface area contributed by atoms with Crippen LogP contribution in [0.5, 0.6) is 11.5 Å². The molecule has 0 amide bonds. The number of aromatic amines is 1. The second-order valence-electron chi connectivity index (χ2n) is 7.58. The second-order valence-corrected chi connectivity index (χ2v) is 9.51. The molecule has 1 aliphatic rings. The standard InChI is InChI=1S/C22H24N2O5S/c1-13-5-6-18-15(9-13)10-17(22(25)23-18)21-16-12-20(29-3)19(28-2)11-14(16)7-8-24(21)30(4,26)27/h5-6,9-12,21H,7-8H2,1-4H3,(H,23,25). The fraction of sp³-hybridized carbons (Fsp3) is 0.318. The number of benzene rings is 2. The van der Waals surface area contributed by atoms with Crippen LogP contribution in [0, 0.1) is 6.92 Å². The van der Waals surface area contributed by atoms with Gasteiger partial charge in [0.25, 0.3) is 5.56 Å². The fourth-order valence-electron chi connectivity index (χ4n) is 4.15. The minimum Gasteiger partial charge on any atom is -0.493 e. The summed E-state index contributed by atoms with van der Waals surface area (Å²) in [5, 5.41) is 0.852. The van der Waals surface area contributed by atoms with Crippen molar-refractivity contribution in [3.05, 3.63) is 69.0 Å². The normalized spacial score (nSPS) is 17.0. The lowest BCUT2D eigenvalue weighted by atomic mass is 9.89. The highest BCUT2D eigenvalue weighted by molar-refractivity contribution is 7.88. The van der Waals surface area contributed by atoms with Crippen molar-refractivity contribution in [3.8, 4) is 11.5 Å². The number of H-pyrrole nitrogens is 1. The molecule has 1 N–H and O–H groups in total. The van der Waals surface area contributed by atoms with Crippen molar-refractivity contribution in [2.75, 3.05) is 27.0 Å². The second kappa shape index (κ2) is 7.45. The van der Waals surface area contributed by atoms with Crippen molar-refractivity contribution >= 4 is 20.9 Å². The first kappa shape index (κ1) is 20.4. The summed E-state index contributed by atoms with van der Waals surface area (Å²) >= 11 is 0. The number of nitrogens with one attached hydrogen (secondary N) is 1. The minimum atomic E-state index is -3.57. The first-order chi connectivity index (χ1) is 14.2. The summed E-state index contributed by atoms with van der Waals surface area (Å²) < 4.78 is 37.5. The molecule has 2 heterocycles. The molecule has 0 aliphatic carbocycles. The maximum atomic E-state index is 13.0. The highest BCUT2D eigenvalue weighted by atomic mass is 32.2. The Morgan fingerprint density at radius 1 is 1.03 bits per heavy atom. The molecule has 158 valence electrons. The van der Waals surface area contributed by atoms with Crippen LogP contribution < -0.4 is 15.0 Å². The van der Waals surface area contributed by atoms with Crippen LogP contribution >= 0.6 is 0 Å². The van der Waals surface area contributed by atoms with Crippen molar-refractivity contribution in [1.82, 2.24) is 9.29 Å². The fourth-order valence-corrected chi connectivity index (χ4v) is 5.18. The van der Waals surface area contributed by atoms with Crippen LogP contribution in [-0.4, -0.2) is 44.7 Å². The van der Waals surface area contributed by atoms with Crippen LogP contribution in [0.2, 0.25) is 0 Å². The molecule has 0 bridgehead atoms. The average molecular weight is 429 g/mol. The average Bonchev–Trinajstić information content (AvgIpc) is 2.71. The SMILES string of the molecule is COc1cc2c(cc1OC)C(c1cc3cc(C)ccc3[nH]c1=O)N(S(C)(=O)=O)CC2. The van der Waals surface area contributed by atoms with E-state index in [1.807, 2.05) is 31.2 Å². The van der Waals surface area contributed by atoms with E-state index in [0.29, 0.717) is 29.0 Å². The van der Waals surface area contributed by atoms with Gasteiger partial charge in [-0.05, 0) is 60.2 Å². The Morgan fingerprint density at radius 2 is 1.73 bits per heavy atom. The molecule has 1 unspecified atom stereocenters. The molecular formula is C22H24N2O5S. The van der Waals surface area contributed by atoms with Crippen molar-refractivity contribution in [3.63, 3.8) is 0 Å². The lowest BCUT2D eigenvalue weighted by Crippen LogP contribution is -2.42. The Kier molecular flexibility index (Phi) is 5.07. The van der Waals surface area contributed by atoms with E-state index in [9.17, 15) is 13.2 Å². The number of rotatable bonds is 4. The monoisotopic (exact) mass is 428 g/mol. The molecule has 0 radical (unpaired) electrons. The van der Waals surface area contributed by atoms with E-state index in [-0.39, 0.29) is 12.1 Å². The molecular weight excluding hydrogens is 404 g/mol. The van der Waals surface area contributed by atoms with Gasteiger partial charge in [0.2, 0.25) is 10.0 Å². The minimum absolute atomic E-state index is 0.275. The Hall–Kier alpha value is -2.84. The Labute approximate surface area is 175 Å². The molecule has 1 atom stereocenters. The van der Waals surface area contributed by atoms with Crippen molar-refractivity contribution in [2.24, 2.45) is 0 Å². The summed E-state index contributed by atoms with van der Waals surface area (Å²) in [7, 11) is -0.482. The summed E-state index contributed by atoms with van der Waals surface area (Å²) in [6.07, 6.45) is 1.69. The maximum absolute atomic E-state index is 13.0. The van der Waals surface area contributed by atoms with Gasteiger partial charge in [0.15, 0.2) is 11.5 Å². The number of hydrogen-bond donors (Lipinski definition) is 1. The van der Waals surface area contributed by atoms with Gasteiger partial charge in [-0.2, -0.15) is 4.31 Å². The predicted molar refractivity (Wildman–Crippen MR) is 116 cm³/mol. The molecule has 8 heteroatoms. The van der Waals surface area contributed by atoms with E-state index in [4.69, 9.17) is 9.47 Å². The van der Waals surface area contributed by atoms with E-state index in [1.165, 1.54) is 17.7 Å². The summed E-state index contributed by atoms with van der Waals surface area (Å²) in [5.74, 6) is 1.07. The third-order valence-electron chi connectivity index (χ3n) is 5.58. The molecule has 0 saturated carbocycles. The van der Waals surface area contributed by atoms with E-state index < -0.39 is 16.1 Å². The number of methoxy groups -OCH3 is 2. The number of fused-ring (bicyclic) bond motifs is 2. The van der Waals surface area contributed by atoms with Gasteiger partial charge in [-0.15, -0.1) is 0 Å². The molecule has 0 fully saturated rings. The third kappa shape index (κ3) is 3.46. The molecule has 2 aromatic carbocycles.